The molecule has 5 aromatic rings. The fourth-order valence-corrected chi connectivity index (χ4v) is 5.71. The number of anilines is 1. The molecule has 2 bridgehead atoms. The normalized spacial score (nSPS) is 16.5. The highest BCUT2D eigenvalue weighted by Crippen LogP contribution is 2.35. The van der Waals surface area contributed by atoms with Gasteiger partial charge in [-0.25, -0.2) is 14.5 Å². The standard InChI is InChI=1S/C32H27Cl2N7O5/c1-18-3-2-4-28(26-11-19(9-10-35-26)22-7-6-21(46-16-31(43)44)13-25(22)37-32(18)45)40-17-36-24(14-30(40)42)23-12-20(33)5-8-27(23)41-15-29(34)38-39-41/h5-15,17-18,28H,2-4,16H2,1H3,(H,37,45)(H,43,44). The molecule has 14 heteroatoms. The molecule has 2 unspecified atom stereocenters. The maximum Gasteiger partial charge on any atom is 0.341 e. The van der Waals surface area contributed by atoms with Gasteiger partial charge < -0.3 is 15.2 Å². The molecule has 0 aliphatic carbocycles. The Balaban J connectivity index is 1.41. The van der Waals surface area contributed by atoms with Crippen molar-refractivity contribution in [1.82, 2.24) is 29.5 Å². The molecule has 3 aromatic heterocycles. The molecule has 2 aromatic carbocycles. The molecule has 2 atom stereocenters. The predicted octanol–water partition coefficient (Wildman–Crippen LogP) is 5.67. The van der Waals surface area contributed by atoms with E-state index >= 15 is 0 Å². The number of hydrogen-bond acceptors (Lipinski definition) is 8. The Hall–Kier alpha value is -5.07. The number of pyridine rings is 1. The second kappa shape index (κ2) is 13.1. The average Bonchev–Trinajstić information content (AvgIpc) is 3.47. The number of aromatic nitrogens is 6. The van der Waals surface area contributed by atoms with Crippen molar-refractivity contribution in [2.24, 2.45) is 5.92 Å². The minimum atomic E-state index is -1.11. The second-order valence-electron chi connectivity index (χ2n) is 10.9. The largest absolute Gasteiger partial charge is 0.482 e. The highest BCUT2D eigenvalue weighted by molar-refractivity contribution is 6.31. The lowest BCUT2D eigenvalue weighted by molar-refractivity contribution is -0.139. The van der Waals surface area contributed by atoms with Crippen molar-refractivity contribution in [2.45, 2.75) is 32.2 Å². The van der Waals surface area contributed by atoms with Gasteiger partial charge in [0.1, 0.15) is 5.75 Å². The summed E-state index contributed by atoms with van der Waals surface area (Å²) in [6, 6.07) is 14.8. The van der Waals surface area contributed by atoms with Crippen LogP contribution in [-0.2, 0) is 9.59 Å². The lowest BCUT2D eigenvalue weighted by atomic mass is 9.95. The first-order valence-electron chi connectivity index (χ1n) is 14.4. The molecule has 12 nitrogen and oxygen atoms in total. The third kappa shape index (κ3) is 6.63. The first-order chi connectivity index (χ1) is 22.2. The van der Waals surface area contributed by atoms with Crippen molar-refractivity contribution >= 4 is 40.8 Å². The third-order valence-corrected chi connectivity index (χ3v) is 8.13. The highest BCUT2D eigenvalue weighted by atomic mass is 35.5. The summed E-state index contributed by atoms with van der Waals surface area (Å²) in [5.41, 5.74) is 3.81. The summed E-state index contributed by atoms with van der Waals surface area (Å²) in [5, 5.41) is 20.6. The molecule has 0 radical (unpaired) electrons. The van der Waals surface area contributed by atoms with Crippen LogP contribution in [0.25, 0.3) is 28.1 Å². The van der Waals surface area contributed by atoms with E-state index in [4.69, 9.17) is 33.0 Å². The number of carboxylic acid groups (broad SMARTS) is 1. The molecule has 2 N–H and O–H groups in total. The summed E-state index contributed by atoms with van der Waals surface area (Å²) in [6.07, 6.45) is 6.41. The summed E-state index contributed by atoms with van der Waals surface area (Å²) in [4.78, 5) is 47.3. The Labute approximate surface area is 272 Å². The topological polar surface area (TPSA) is 154 Å². The van der Waals surface area contributed by atoms with Crippen LogP contribution in [0.2, 0.25) is 10.2 Å². The molecule has 0 fully saturated rings. The zero-order valence-corrected chi connectivity index (χ0v) is 25.9. The Morgan fingerprint density at radius 3 is 2.65 bits per heavy atom. The lowest BCUT2D eigenvalue weighted by Crippen LogP contribution is -2.27. The Morgan fingerprint density at radius 2 is 1.89 bits per heavy atom. The number of hydrogen-bond donors (Lipinski definition) is 2. The number of amides is 1. The zero-order chi connectivity index (χ0) is 32.4. The van der Waals surface area contributed by atoms with E-state index < -0.39 is 18.6 Å². The summed E-state index contributed by atoms with van der Waals surface area (Å²) in [7, 11) is 0. The quantitative estimate of drug-likeness (QED) is 0.234. The number of fused-ring (bicyclic) bond motifs is 4. The molecule has 0 saturated heterocycles. The highest BCUT2D eigenvalue weighted by Gasteiger charge is 2.23. The average molecular weight is 661 g/mol. The van der Waals surface area contributed by atoms with Gasteiger partial charge in [-0.1, -0.05) is 41.8 Å². The molecule has 46 heavy (non-hydrogen) atoms. The first-order valence-corrected chi connectivity index (χ1v) is 15.1. The van der Waals surface area contributed by atoms with Crippen molar-refractivity contribution in [3.8, 4) is 33.8 Å². The lowest BCUT2D eigenvalue weighted by Gasteiger charge is -2.23. The number of carboxylic acids is 1. The molecular weight excluding hydrogens is 633 g/mol. The molecular formula is C32H27Cl2N7O5. The van der Waals surface area contributed by atoms with E-state index in [-0.39, 0.29) is 22.5 Å². The van der Waals surface area contributed by atoms with Gasteiger partial charge in [0.25, 0.3) is 5.56 Å². The van der Waals surface area contributed by atoms with Crippen LogP contribution in [0.1, 0.15) is 37.9 Å². The fourth-order valence-electron chi connectivity index (χ4n) is 5.41. The van der Waals surface area contributed by atoms with Gasteiger partial charge in [-0.15, -0.1) is 5.10 Å². The van der Waals surface area contributed by atoms with Crippen LogP contribution in [0.5, 0.6) is 5.75 Å². The van der Waals surface area contributed by atoms with Gasteiger partial charge in [0.15, 0.2) is 11.8 Å². The molecule has 1 aliphatic rings. The van der Waals surface area contributed by atoms with Crippen molar-refractivity contribution in [3.05, 3.63) is 99.5 Å². The van der Waals surface area contributed by atoms with E-state index in [1.165, 1.54) is 17.1 Å². The van der Waals surface area contributed by atoms with Gasteiger partial charge in [0, 0.05) is 40.4 Å². The van der Waals surface area contributed by atoms with Crippen LogP contribution in [0.4, 0.5) is 5.69 Å². The van der Waals surface area contributed by atoms with Crippen LogP contribution in [0.3, 0.4) is 0 Å². The summed E-state index contributed by atoms with van der Waals surface area (Å²) in [6.45, 7) is 1.32. The Bertz CT molecular complexity index is 2010. The third-order valence-electron chi connectivity index (χ3n) is 7.73. The number of ether oxygens (including phenoxy) is 1. The van der Waals surface area contributed by atoms with Crippen molar-refractivity contribution < 1.29 is 19.4 Å². The maximum atomic E-state index is 13.8. The van der Waals surface area contributed by atoms with Crippen molar-refractivity contribution in [2.75, 3.05) is 11.9 Å². The number of carbonyl (C=O) groups excluding carboxylic acids is 1. The van der Waals surface area contributed by atoms with E-state index in [0.717, 1.165) is 5.56 Å². The Kier molecular flexibility index (Phi) is 8.82. The van der Waals surface area contributed by atoms with E-state index in [1.807, 2.05) is 13.0 Å². The van der Waals surface area contributed by atoms with Crippen LogP contribution in [-0.4, -0.2) is 53.1 Å². The van der Waals surface area contributed by atoms with Crippen molar-refractivity contribution in [3.63, 3.8) is 0 Å². The van der Waals surface area contributed by atoms with E-state index in [0.29, 0.717) is 63.9 Å². The van der Waals surface area contributed by atoms with Crippen LogP contribution < -0.4 is 15.6 Å². The van der Waals surface area contributed by atoms with Gasteiger partial charge in [0.05, 0.1) is 41.3 Å². The first kappa shape index (κ1) is 30.9. The Morgan fingerprint density at radius 1 is 1.04 bits per heavy atom. The number of carbonyl (C=O) groups is 2. The van der Waals surface area contributed by atoms with Gasteiger partial charge in [0.2, 0.25) is 5.91 Å². The summed E-state index contributed by atoms with van der Waals surface area (Å²) < 4.78 is 8.40. The molecule has 0 spiro atoms. The number of benzene rings is 2. The number of nitrogens with one attached hydrogen (secondary N) is 1. The molecule has 4 heterocycles. The molecule has 234 valence electrons. The van der Waals surface area contributed by atoms with Gasteiger partial charge >= 0.3 is 5.97 Å². The van der Waals surface area contributed by atoms with Gasteiger partial charge in [-0.3, -0.25) is 19.1 Å². The second-order valence-corrected chi connectivity index (χ2v) is 11.7. The molecule has 6 rings (SSSR count). The molecule has 0 saturated carbocycles. The number of aliphatic carboxylic acids is 1. The number of nitrogens with zero attached hydrogens (tertiary/aromatic N) is 6. The van der Waals surface area contributed by atoms with Gasteiger partial charge in [-0.2, -0.15) is 0 Å². The van der Waals surface area contributed by atoms with Crippen LogP contribution >= 0.6 is 23.2 Å². The van der Waals surface area contributed by atoms with E-state index in [9.17, 15) is 14.4 Å². The van der Waals surface area contributed by atoms with Crippen LogP contribution in [0.15, 0.2) is 78.1 Å². The van der Waals surface area contributed by atoms with E-state index in [1.54, 1.807) is 59.4 Å². The summed E-state index contributed by atoms with van der Waals surface area (Å²) >= 11 is 12.3. The molecule has 1 aliphatic heterocycles. The van der Waals surface area contributed by atoms with Crippen LogP contribution in [0, 0.1) is 5.92 Å². The van der Waals surface area contributed by atoms with Gasteiger partial charge in [-0.05, 0) is 60.9 Å². The monoisotopic (exact) mass is 659 g/mol. The minimum absolute atomic E-state index is 0.183. The maximum absolute atomic E-state index is 13.8. The molecule has 1 amide bonds. The number of halogens is 2. The zero-order valence-electron chi connectivity index (χ0n) is 24.4. The number of rotatable bonds is 6. The van der Waals surface area contributed by atoms with E-state index in [2.05, 4.69) is 25.6 Å². The SMILES string of the molecule is CC1CCCC(n2cnc(-c3cc(Cl)ccc3-n3cc(Cl)nn3)cc2=O)c2cc(ccn2)-c2ccc(OCC(=O)O)cc2NC1=O. The predicted molar refractivity (Wildman–Crippen MR) is 171 cm³/mol. The fraction of sp³-hybridized carbons (Fsp3) is 0.219. The smallest absolute Gasteiger partial charge is 0.341 e. The minimum Gasteiger partial charge on any atom is -0.482 e. The summed E-state index contributed by atoms with van der Waals surface area (Å²) in [5.74, 6) is -1.33. The van der Waals surface area contributed by atoms with Crippen molar-refractivity contribution in [1.29, 1.82) is 0 Å².